The Morgan fingerprint density at radius 1 is 0.957 bits per heavy atom. The van der Waals surface area contributed by atoms with Crippen LogP contribution >= 0.6 is 7.60 Å². The van der Waals surface area contributed by atoms with Gasteiger partial charge in [-0.15, -0.1) is 0 Å². The summed E-state index contributed by atoms with van der Waals surface area (Å²) in [6, 6.07) is 22.8. The average Bonchev–Trinajstić information content (AvgIpc) is 2.54. The van der Waals surface area contributed by atoms with Crippen molar-refractivity contribution in [1.29, 1.82) is 0 Å². The highest BCUT2D eigenvalue weighted by Crippen LogP contribution is 2.50. The van der Waals surface area contributed by atoms with E-state index in [9.17, 15) is 9.46 Å². The van der Waals surface area contributed by atoms with Crippen molar-refractivity contribution in [3.63, 3.8) is 0 Å². The van der Waals surface area contributed by atoms with Crippen molar-refractivity contribution in [3.8, 4) is 0 Å². The van der Waals surface area contributed by atoms with E-state index in [0.717, 1.165) is 21.9 Å². The maximum Gasteiger partial charge on any atom is 0.333 e. The summed E-state index contributed by atoms with van der Waals surface area (Å²) in [7, 11) is -3.78. The highest BCUT2D eigenvalue weighted by Gasteiger charge is 2.24. The Morgan fingerprint density at radius 2 is 1.61 bits per heavy atom. The van der Waals surface area contributed by atoms with Gasteiger partial charge in [0.2, 0.25) is 0 Å². The van der Waals surface area contributed by atoms with Crippen LogP contribution in [0.5, 0.6) is 0 Å². The summed E-state index contributed by atoms with van der Waals surface area (Å²) in [5, 5.41) is 2.03. The summed E-state index contributed by atoms with van der Waals surface area (Å²) < 4.78 is 17.8. The Hall–Kier alpha value is -1.93. The highest BCUT2D eigenvalue weighted by atomic mass is 31.2. The predicted octanol–water partition coefficient (Wildman–Crippen LogP) is 5.12. The second-order valence-corrected chi connectivity index (χ2v) is 7.25. The summed E-state index contributed by atoms with van der Waals surface area (Å²) in [5.74, 6) is 0. The molecule has 0 spiro atoms. The Morgan fingerprint density at radius 3 is 2.39 bits per heavy atom. The van der Waals surface area contributed by atoms with Gasteiger partial charge in [0.1, 0.15) is 0 Å². The van der Waals surface area contributed by atoms with Crippen molar-refractivity contribution in [2.75, 3.05) is 0 Å². The summed E-state index contributed by atoms with van der Waals surface area (Å²) in [6.07, 6.45) is -0.731. The third-order valence-electron chi connectivity index (χ3n) is 3.69. The number of fused-ring (bicyclic) bond motifs is 1. The molecule has 0 fully saturated rings. The van der Waals surface area contributed by atoms with Crippen molar-refractivity contribution in [3.05, 3.63) is 90.8 Å². The van der Waals surface area contributed by atoms with Crippen LogP contribution in [0, 0.1) is 6.92 Å². The third-order valence-corrected chi connectivity index (χ3v) is 5.04. The van der Waals surface area contributed by atoms with Crippen LogP contribution in [-0.2, 0) is 15.3 Å². The molecular weight excluding hydrogens is 307 g/mol. The molecule has 0 aromatic heterocycles. The predicted molar refractivity (Wildman–Crippen MR) is 93.1 cm³/mol. The van der Waals surface area contributed by atoms with Crippen LogP contribution < -0.4 is 0 Å². The minimum atomic E-state index is -3.78. The summed E-state index contributed by atoms with van der Waals surface area (Å²) in [5.41, 5.74) is 1.58. The lowest BCUT2D eigenvalue weighted by atomic mass is 10.0. The SMILES string of the molecule is [CH2]C(OP(=O)(O)Cc1ccccc1)c1cccc2ccccc12. The molecule has 0 heterocycles. The van der Waals surface area contributed by atoms with Gasteiger partial charge in [-0.3, -0.25) is 4.57 Å². The van der Waals surface area contributed by atoms with Gasteiger partial charge in [0, 0.05) is 0 Å². The van der Waals surface area contributed by atoms with E-state index >= 15 is 0 Å². The first-order valence-electron chi connectivity index (χ1n) is 7.40. The summed E-state index contributed by atoms with van der Waals surface area (Å²) in [6.45, 7) is 3.93. The average molecular weight is 325 g/mol. The number of rotatable bonds is 5. The molecule has 3 rings (SSSR count). The van der Waals surface area contributed by atoms with Crippen molar-refractivity contribution in [2.45, 2.75) is 12.3 Å². The molecule has 2 unspecified atom stereocenters. The quantitative estimate of drug-likeness (QED) is 0.663. The molecule has 2 atom stereocenters. The molecule has 0 aliphatic rings. The van der Waals surface area contributed by atoms with Crippen LogP contribution in [0.4, 0.5) is 0 Å². The molecule has 0 bridgehead atoms. The molecule has 0 amide bonds. The molecule has 4 heteroatoms. The first kappa shape index (κ1) is 15.9. The van der Waals surface area contributed by atoms with Gasteiger partial charge >= 0.3 is 7.60 Å². The summed E-state index contributed by atoms with van der Waals surface area (Å²) in [4.78, 5) is 10.2. The lowest BCUT2D eigenvalue weighted by molar-refractivity contribution is 0.212. The van der Waals surface area contributed by atoms with Crippen molar-refractivity contribution >= 4 is 18.4 Å². The van der Waals surface area contributed by atoms with Crippen molar-refractivity contribution < 1.29 is 14.0 Å². The fourth-order valence-corrected chi connectivity index (χ4v) is 3.90. The van der Waals surface area contributed by atoms with E-state index in [2.05, 4.69) is 6.92 Å². The van der Waals surface area contributed by atoms with E-state index in [1.54, 1.807) is 0 Å². The maximum atomic E-state index is 12.4. The van der Waals surface area contributed by atoms with Crippen LogP contribution in [-0.4, -0.2) is 4.89 Å². The van der Waals surface area contributed by atoms with E-state index in [1.165, 1.54) is 0 Å². The van der Waals surface area contributed by atoms with Gasteiger partial charge in [-0.05, 0) is 28.8 Å². The van der Waals surface area contributed by atoms with E-state index in [1.807, 2.05) is 72.8 Å². The van der Waals surface area contributed by atoms with E-state index < -0.39 is 13.7 Å². The molecule has 0 aliphatic carbocycles. The molecule has 0 saturated heterocycles. The third kappa shape index (κ3) is 3.89. The lowest BCUT2D eigenvalue weighted by Gasteiger charge is -2.19. The lowest BCUT2D eigenvalue weighted by Crippen LogP contribution is -2.01. The second kappa shape index (κ2) is 6.67. The molecule has 23 heavy (non-hydrogen) atoms. The van der Waals surface area contributed by atoms with Crippen LogP contribution in [0.25, 0.3) is 10.8 Å². The minimum Gasteiger partial charge on any atom is -0.324 e. The molecule has 3 aromatic carbocycles. The molecule has 0 aliphatic heterocycles. The number of hydrogen-bond acceptors (Lipinski definition) is 2. The van der Waals surface area contributed by atoms with E-state index in [0.29, 0.717) is 0 Å². The van der Waals surface area contributed by atoms with Gasteiger partial charge in [-0.25, -0.2) is 0 Å². The molecule has 1 radical (unpaired) electrons. The second-order valence-electron chi connectivity index (χ2n) is 5.44. The first-order chi connectivity index (χ1) is 11.1. The summed E-state index contributed by atoms with van der Waals surface area (Å²) >= 11 is 0. The van der Waals surface area contributed by atoms with Crippen molar-refractivity contribution in [2.24, 2.45) is 0 Å². The first-order valence-corrected chi connectivity index (χ1v) is 9.16. The zero-order chi connectivity index (χ0) is 16.3. The molecule has 3 nitrogen and oxygen atoms in total. The topological polar surface area (TPSA) is 46.5 Å². The molecular formula is C19H18O3P. The van der Waals surface area contributed by atoms with Gasteiger partial charge in [0.25, 0.3) is 0 Å². The van der Waals surface area contributed by atoms with E-state index in [4.69, 9.17) is 4.52 Å². The fraction of sp³-hybridized carbons (Fsp3) is 0.105. The molecule has 0 saturated carbocycles. The Bertz CT molecular complexity index is 840. The van der Waals surface area contributed by atoms with Crippen LogP contribution in [0.1, 0.15) is 17.2 Å². The Kier molecular flexibility index (Phi) is 4.63. The Labute approximate surface area is 136 Å². The van der Waals surface area contributed by atoms with E-state index in [-0.39, 0.29) is 6.16 Å². The zero-order valence-corrected chi connectivity index (χ0v) is 13.5. The van der Waals surface area contributed by atoms with Gasteiger partial charge in [0.15, 0.2) is 0 Å². The number of benzene rings is 3. The zero-order valence-electron chi connectivity index (χ0n) is 12.6. The molecule has 3 aromatic rings. The Balaban J connectivity index is 1.82. The van der Waals surface area contributed by atoms with Crippen molar-refractivity contribution in [1.82, 2.24) is 0 Å². The molecule has 117 valence electrons. The minimum absolute atomic E-state index is 0.0232. The number of hydrogen-bond donors (Lipinski definition) is 1. The largest absolute Gasteiger partial charge is 0.333 e. The smallest absolute Gasteiger partial charge is 0.324 e. The van der Waals surface area contributed by atoms with Gasteiger partial charge in [0.05, 0.1) is 12.3 Å². The maximum absolute atomic E-state index is 12.4. The fourth-order valence-electron chi connectivity index (χ4n) is 2.64. The monoisotopic (exact) mass is 325 g/mol. The van der Waals surface area contributed by atoms with Crippen LogP contribution in [0.2, 0.25) is 0 Å². The highest BCUT2D eigenvalue weighted by molar-refractivity contribution is 7.51. The molecule has 1 N–H and O–H groups in total. The standard InChI is InChI=1S/C19H18O3P/c1-15(18-13-7-11-17-10-5-6-12-19(17)18)22-23(20,21)14-16-8-3-2-4-9-16/h2-13,15H,1,14H2,(H,20,21). The normalized spacial score (nSPS) is 15.2. The van der Waals surface area contributed by atoms with Gasteiger partial charge < -0.3 is 9.42 Å². The van der Waals surface area contributed by atoms with Gasteiger partial charge in [-0.1, -0.05) is 72.8 Å². The van der Waals surface area contributed by atoms with Crippen LogP contribution in [0.3, 0.4) is 0 Å². The van der Waals surface area contributed by atoms with Gasteiger partial charge in [-0.2, -0.15) is 0 Å². The van der Waals surface area contributed by atoms with Crippen LogP contribution in [0.15, 0.2) is 72.8 Å².